The molecule has 1 N–H and O–H groups in total. The van der Waals surface area contributed by atoms with Crippen LogP contribution in [-0.4, -0.2) is 43.7 Å². The van der Waals surface area contributed by atoms with Gasteiger partial charge in [-0.05, 0) is 43.5 Å². The SMILES string of the molecule is O=C(Nc1ccc(N2CCCCC2)nc1)c1cccnc1-n1cncn1. The molecule has 1 amide bonds. The van der Waals surface area contributed by atoms with E-state index in [2.05, 4.69) is 30.3 Å². The van der Waals surface area contributed by atoms with Crippen molar-refractivity contribution in [2.24, 2.45) is 0 Å². The Labute approximate surface area is 150 Å². The fourth-order valence-corrected chi connectivity index (χ4v) is 3.04. The van der Waals surface area contributed by atoms with Crippen LogP contribution in [0.15, 0.2) is 49.3 Å². The monoisotopic (exact) mass is 349 g/mol. The van der Waals surface area contributed by atoms with E-state index in [1.54, 1.807) is 24.5 Å². The first-order valence-corrected chi connectivity index (χ1v) is 8.63. The van der Waals surface area contributed by atoms with Gasteiger partial charge in [-0.15, -0.1) is 0 Å². The number of nitrogens with zero attached hydrogens (tertiary/aromatic N) is 6. The minimum atomic E-state index is -0.267. The molecule has 3 aromatic rings. The number of hydrogen-bond acceptors (Lipinski definition) is 6. The van der Waals surface area contributed by atoms with E-state index >= 15 is 0 Å². The number of nitrogens with one attached hydrogen (secondary N) is 1. The zero-order valence-corrected chi connectivity index (χ0v) is 14.2. The standard InChI is InChI=1S/C18H19N7O/c26-18(15-5-4-8-20-17(15)25-13-19-12-22-25)23-14-6-7-16(21-11-14)24-9-2-1-3-10-24/h4-8,11-13H,1-3,9-10H2,(H,23,26). The van der Waals surface area contributed by atoms with Crippen LogP contribution in [0.4, 0.5) is 11.5 Å². The van der Waals surface area contributed by atoms with Gasteiger partial charge >= 0.3 is 0 Å². The van der Waals surface area contributed by atoms with Crippen molar-refractivity contribution in [1.82, 2.24) is 24.7 Å². The normalized spacial score (nSPS) is 14.2. The second-order valence-corrected chi connectivity index (χ2v) is 6.12. The van der Waals surface area contributed by atoms with Crippen molar-refractivity contribution in [1.29, 1.82) is 0 Å². The molecule has 8 nitrogen and oxygen atoms in total. The Morgan fingerprint density at radius 1 is 1.08 bits per heavy atom. The van der Waals surface area contributed by atoms with Crippen molar-refractivity contribution in [2.75, 3.05) is 23.3 Å². The topological polar surface area (TPSA) is 88.8 Å². The van der Waals surface area contributed by atoms with Crippen LogP contribution in [0.5, 0.6) is 0 Å². The minimum Gasteiger partial charge on any atom is -0.357 e. The van der Waals surface area contributed by atoms with Crippen LogP contribution >= 0.6 is 0 Å². The van der Waals surface area contributed by atoms with Crippen molar-refractivity contribution < 1.29 is 4.79 Å². The number of hydrogen-bond donors (Lipinski definition) is 1. The Morgan fingerprint density at radius 2 is 1.96 bits per heavy atom. The molecule has 0 saturated carbocycles. The van der Waals surface area contributed by atoms with Crippen molar-refractivity contribution in [3.05, 3.63) is 54.9 Å². The Kier molecular flexibility index (Phi) is 4.55. The van der Waals surface area contributed by atoms with Crippen LogP contribution in [0.3, 0.4) is 0 Å². The van der Waals surface area contributed by atoms with Crippen molar-refractivity contribution in [2.45, 2.75) is 19.3 Å². The lowest BCUT2D eigenvalue weighted by atomic mass is 10.1. The summed E-state index contributed by atoms with van der Waals surface area (Å²) in [7, 11) is 0. The second-order valence-electron chi connectivity index (χ2n) is 6.12. The predicted octanol–water partition coefficient (Wildman–Crippen LogP) is 2.30. The Hall–Kier alpha value is -3.29. The summed E-state index contributed by atoms with van der Waals surface area (Å²) in [5.41, 5.74) is 1.06. The number of amides is 1. The number of piperidine rings is 1. The number of aromatic nitrogens is 5. The summed E-state index contributed by atoms with van der Waals surface area (Å²) >= 11 is 0. The summed E-state index contributed by atoms with van der Waals surface area (Å²) in [6.07, 6.45) is 9.89. The molecular formula is C18H19N7O. The molecule has 1 fully saturated rings. The van der Waals surface area contributed by atoms with Crippen molar-refractivity contribution >= 4 is 17.4 Å². The van der Waals surface area contributed by atoms with Crippen molar-refractivity contribution in [3.63, 3.8) is 0 Å². The summed E-state index contributed by atoms with van der Waals surface area (Å²) in [5, 5.41) is 6.91. The molecule has 0 atom stereocenters. The third-order valence-electron chi connectivity index (χ3n) is 4.35. The molecule has 0 aliphatic carbocycles. The van der Waals surface area contributed by atoms with Crippen LogP contribution in [0, 0.1) is 0 Å². The van der Waals surface area contributed by atoms with Gasteiger partial charge in [0.1, 0.15) is 18.5 Å². The molecule has 0 radical (unpaired) electrons. The van der Waals surface area contributed by atoms with Gasteiger partial charge in [0, 0.05) is 19.3 Å². The van der Waals surface area contributed by atoms with Crippen LogP contribution < -0.4 is 10.2 Å². The number of carbonyl (C=O) groups excluding carboxylic acids is 1. The zero-order valence-electron chi connectivity index (χ0n) is 14.2. The molecule has 1 aliphatic rings. The molecule has 8 heteroatoms. The number of anilines is 2. The number of carbonyl (C=O) groups is 1. The van der Waals surface area contributed by atoms with E-state index in [-0.39, 0.29) is 5.91 Å². The summed E-state index contributed by atoms with van der Waals surface area (Å²) in [4.78, 5) is 27.6. The van der Waals surface area contributed by atoms with E-state index in [9.17, 15) is 4.79 Å². The van der Waals surface area contributed by atoms with Crippen molar-refractivity contribution in [3.8, 4) is 5.82 Å². The highest BCUT2D eigenvalue weighted by Crippen LogP contribution is 2.19. The van der Waals surface area contributed by atoms with Crippen LogP contribution in [-0.2, 0) is 0 Å². The van der Waals surface area contributed by atoms with Gasteiger partial charge in [0.25, 0.3) is 5.91 Å². The fraction of sp³-hybridized carbons (Fsp3) is 0.278. The molecule has 0 spiro atoms. The second kappa shape index (κ2) is 7.30. The van der Waals surface area contributed by atoms with Gasteiger partial charge in [-0.25, -0.2) is 19.6 Å². The molecule has 26 heavy (non-hydrogen) atoms. The van der Waals surface area contributed by atoms with E-state index in [4.69, 9.17) is 0 Å². The molecule has 132 valence electrons. The lowest BCUT2D eigenvalue weighted by Crippen LogP contribution is -2.30. The molecule has 3 aromatic heterocycles. The van der Waals surface area contributed by atoms with Gasteiger partial charge in [0.05, 0.1) is 17.4 Å². The predicted molar refractivity (Wildman–Crippen MR) is 97.4 cm³/mol. The Morgan fingerprint density at radius 3 is 2.69 bits per heavy atom. The number of pyridine rings is 2. The van der Waals surface area contributed by atoms with Gasteiger partial charge in [0.15, 0.2) is 5.82 Å². The highest BCUT2D eigenvalue weighted by atomic mass is 16.1. The molecule has 1 aliphatic heterocycles. The first-order valence-electron chi connectivity index (χ1n) is 8.63. The lowest BCUT2D eigenvalue weighted by Gasteiger charge is -2.27. The summed E-state index contributed by atoms with van der Waals surface area (Å²) in [5.74, 6) is 1.11. The van der Waals surface area contributed by atoms with E-state index in [0.717, 1.165) is 18.9 Å². The molecule has 0 bridgehead atoms. The first kappa shape index (κ1) is 16.2. The average Bonchev–Trinajstić information content (AvgIpc) is 3.24. The van der Waals surface area contributed by atoms with Gasteiger partial charge in [-0.1, -0.05) is 0 Å². The van der Waals surface area contributed by atoms with Gasteiger partial charge in [-0.2, -0.15) is 5.10 Å². The average molecular weight is 349 g/mol. The van der Waals surface area contributed by atoms with Crippen LogP contribution in [0.1, 0.15) is 29.6 Å². The molecule has 0 unspecified atom stereocenters. The largest absolute Gasteiger partial charge is 0.357 e. The maximum absolute atomic E-state index is 12.7. The quantitative estimate of drug-likeness (QED) is 0.777. The Bertz CT molecular complexity index is 871. The molecule has 1 saturated heterocycles. The summed E-state index contributed by atoms with van der Waals surface area (Å²) < 4.78 is 1.46. The lowest BCUT2D eigenvalue weighted by molar-refractivity contribution is 0.102. The first-order chi connectivity index (χ1) is 12.8. The maximum Gasteiger partial charge on any atom is 0.259 e. The molecular weight excluding hydrogens is 330 g/mol. The highest BCUT2D eigenvalue weighted by Gasteiger charge is 2.16. The van der Waals surface area contributed by atoms with E-state index in [1.807, 2.05) is 12.1 Å². The summed E-state index contributed by atoms with van der Waals surface area (Å²) in [6, 6.07) is 7.24. The smallest absolute Gasteiger partial charge is 0.259 e. The molecule has 0 aromatic carbocycles. The van der Waals surface area contributed by atoms with Gasteiger partial charge in [-0.3, -0.25) is 4.79 Å². The van der Waals surface area contributed by atoms with Crippen LogP contribution in [0.25, 0.3) is 5.82 Å². The number of rotatable bonds is 4. The van der Waals surface area contributed by atoms with Gasteiger partial charge < -0.3 is 10.2 Å². The van der Waals surface area contributed by atoms with Gasteiger partial charge in [0.2, 0.25) is 0 Å². The fourth-order valence-electron chi connectivity index (χ4n) is 3.04. The van der Waals surface area contributed by atoms with E-state index in [0.29, 0.717) is 17.1 Å². The molecule has 4 rings (SSSR count). The maximum atomic E-state index is 12.7. The Balaban J connectivity index is 1.50. The van der Waals surface area contributed by atoms with E-state index < -0.39 is 0 Å². The third-order valence-corrected chi connectivity index (χ3v) is 4.35. The third kappa shape index (κ3) is 3.39. The summed E-state index contributed by atoms with van der Waals surface area (Å²) in [6.45, 7) is 2.07. The minimum absolute atomic E-state index is 0.267. The molecule has 4 heterocycles. The van der Waals surface area contributed by atoms with E-state index in [1.165, 1.54) is 36.6 Å². The zero-order chi connectivity index (χ0) is 17.8. The highest BCUT2D eigenvalue weighted by molar-refractivity contribution is 6.06. The van der Waals surface area contributed by atoms with Crippen LogP contribution in [0.2, 0.25) is 0 Å².